The number of esters is 1. The Labute approximate surface area is 181 Å². The fourth-order valence-corrected chi connectivity index (χ4v) is 6.53. The molecule has 0 aliphatic carbocycles. The fraction of sp³-hybridized carbons (Fsp3) is 0.429. The van der Waals surface area contributed by atoms with Crippen LogP contribution in [-0.2, 0) is 26.1 Å². The molecule has 0 unspecified atom stereocenters. The molecule has 1 atom stereocenters. The summed E-state index contributed by atoms with van der Waals surface area (Å²) in [7, 11) is -0.526. The standard InChI is InChI=1S/C21H26N2O5S2/c1-15-6-11-19(29-15)30(26,27)23-12-4-5-18(14-23)20(24)22(2)13-16-7-9-17(10-8-16)21(25)28-3/h6-11,18H,4-5,12-14H2,1-3H3/t18-/m0/s1. The summed E-state index contributed by atoms with van der Waals surface area (Å²) >= 11 is 1.25. The second-order valence-electron chi connectivity index (χ2n) is 7.45. The highest BCUT2D eigenvalue weighted by Gasteiger charge is 2.35. The predicted octanol–water partition coefficient (Wildman–Crippen LogP) is 2.90. The quantitative estimate of drug-likeness (QED) is 0.632. The second kappa shape index (κ2) is 9.28. The van der Waals surface area contributed by atoms with E-state index in [1.165, 1.54) is 22.8 Å². The van der Waals surface area contributed by atoms with Crippen LogP contribution in [0.5, 0.6) is 0 Å². The van der Waals surface area contributed by atoms with E-state index in [1.807, 2.05) is 6.92 Å². The topological polar surface area (TPSA) is 84.0 Å². The maximum absolute atomic E-state index is 13.0. The smallest absolute Gasteiger partial charge is 0.337 e. The number of rotatable bonds is 6. The van der Waals surface area contributed by atoms with Crippen LogP contribution >= 0.6 is 11.3 Å². The Morgan fingerprint density at radius 3 is 2.50 bits per heavy atom. The maximum Gasteiger partial charge on any atom is 0.337 e. The molecule has 162 valence electrons. The van der Waals surface area contributed by atoms with Crippen molar-refractivity contribution in [3.63, 3.8) is 0 Å². The number of hydrogen-bond donors (Lipinski definition) is 0. The number of benzene rings is 1. The summed E-state index contributed by atoms with van der Waals surface area (Å²) in [5.41, 5.74) is 1.33. The summed E-state index contributed by atoms with van der Waals surface area (Å²) in [6.45, 7) is 2.89. The van der Waals surface area contributed by atoms with E-state index in [1.54, 1.807) is 48.3 Å². The van der Waals surface area contributed by atoms with Gasteiger partial charge in [-0.3, -0.25) is 4.79 Å². The van der Waals surface area contributed by atoms with E-state index in [4.69, 9.17) is 0 Å². The highest BCUT2D eigenvalue weighted by molar-refractivity contribution is 7.91. The SMILES string of the molecule is COC(=O)c1ccc(CN(C)C(=O)[C@H]2CCCN(S(=O)(=O)c3ccc(C)s3)C2)cc1. The third-order valence-electron chi connectivity index (χ3n) is 5.21. The zero-order chi connectivity index (χ0) is 21.9. The Morgan fingerprint density at radius 2 is 1.90 bits per heavy atom. The van der Waals surface area contributed by atoms with E-state index in [9.17, 15) is 18.0 Å². The van der Waals surface area contributed by atoms with Crippen LogP contribution in [0.3, 0.4) is 0 Å². The molecule has 1 aliphatic heterocycles. The van der Waals surface area contributed by atoms with E-state index in [2.05, 4.69) is 4.74 Å². The molecular formula is C21H26N2O5S2. The lowest BCUT2D eigenvalue weighted by atomic mass is 9.98. The minimum absolute atomic E-state index is 0.0747. The third-order valence-corrected chi connectivity index (χ3v) is 8.55. The molecule has 0 saturated carbocycles. The van der Waals surface area contributed by atoms with Crippen LogP contribution in [0.1, 0.15) is 33.6 Å². The number of ether oxygens (including phenoxy) is 1. The van der Waals surface area contributed by atoms with Crippen LogP contribution in [0.2, 0.25) is 0 Å². The number of carbonyl (C=O) groups excluding carboxylic acids is 2. The lowest BCUT2D eigenvalue weighted by Gasteiger charge is -2.33. The summed E-state index contributed by atoms with van der Waals surface area (Å²) < 4.78 is 32.3. The number of sulfonamides is 1. The van der Waals surface area contributed by atoms with Crippen LogP contribution in [0.25, 0.3) is 0 Å². The van der Waals surface area contributed by atoms with Gasteiger partial charge in [-0.05, 0) is 49.6 Å². The minimum atomic E-state index is -3.57. The second-order valence-corrected chi connectivity index (χ2v) is 10.9. The summed E-state index contributed by atoms with van der Waals surface area (Å²) in [6, 6.07) is 10.3. The number of carbonyl (C=O) groups is 2. The van der Waals surface area contributed by atoms with Gasteiger partial charge in [0.05, 0.1) is 18.6 Å². The number of amides is 1. The van der Waals surface area contributed by atoms with Gasteiger partial charge in [0.15, 0.2) is 0 Å². The number of piperidine rings is 1. The molecule has 0 spiro atoms. The van der Waals surface area contributed by atoms with Crippen molar-refractivity contribution in [3.8, 4) is 0 Å². The fourth-order valence-electron chi connectivity index (χ4n) is 3.57. The Morgan fingerprint density at radius 1 is 1.20 bits per heavy atom. The molecule has 1 aliphatic rings. The van der Waals surface area contributed by atoms with Crippen LogP contribution in [0.15, 0.2) is 40.6 Å². The van der Waals surface area contributed by atoms with Gasteiger partial charge < -0.3 is 9.64 Å². The third kappa shape index (κ3) is 4.91. The Kier molecular flexibility index (Phi) is 6.95. The van der Waals surface area contributed by atoms with Crippen molar-refractivity contribution >= 4 is 33.2 Å². The molecule has 2 heterocycles. The van der Waals surface area contributed by atoms with Gasteiger partial charge in [0.2, 0.25) is 5.91 Å². The zero-order valence-corrected chi connectivity index (χ0v) is 19.0. The predicted molar refractivity (Wildman–Crippen MR) is 115 cm³/mol. The average molecular weight is 451 g/mol. The Hall–Kier alpha value is -2.23. The molecule has 1 saturated heterocycles. The summed E-state index contributed by atoms with van der Waals surface area (Å²) in [5, 5.41) is 0. The summed E-state index contributed by atoms with van der Waals surface area (Å²) in [6.07, 6.45) is 1.32. The molecule has 0 radical (unpaired) electrons. The van der Waals surface area contributed by atoms with Crippen molar-refractivity contribution in [2.24, 2.45) is 5.92 Å². The molecule has 0 bridgehead atoms. The van der Waals surface area contributed by atoms with Gasteiger partial charge in [0, 0.05) is 31.6 Å². The zero-order valence-electron chi connectivity index (χ0n) is 17.3. The highest BCUT2D eigenvalue weighted by Crippen LogP contribution is 2.29. The van der Waals surface area contributed by atoms with Crippen molar-refractivity contribution in [2.45, 2.75) is 30.5 Å². The number of nitrogens with zero attached hydrogens (tertiary/aromatic N) is 2. The van der Waals surface area contributed by atoms with E-state index in [0.29, 0.717) is 35.7 Å². The normalized spacial score (nSPS) is 17.5. The first-order valence-electron chi connectivity index (χ1n) is 9.71. The van der Waals surface area contributed by atoms with Crippen LogP contribution in [-0.4, -0.2) is 56.7 Å². The summed E-state index contributed by atoms with van der Waals surface area (Å²) in [4.78, 5) is 27.1. The van der Waals surface area contributed by atoms with E-state index >= 15 is 0 Å². The summed E-state index contributed by atoms with van der Waals surface area (Å²) in [5.74, 6) is -0.848. The van der Waals surface area contributed by atoms with Crippen molar-refractivity contribution < 1.29 is 22.7 Å². The first-order chi connectivity index (χ1) is 14.2. The van der Waals surface area contributed by atoms with Gasteiger partial charge in [-0.25, -0.2) is 13.2 Å². The molecule has 7 nitrogen and oxygen atoms in total. The van der Waals surface area contributed by atoms with Gasteiger partial charge >= 0.3 is 5.97 Å². The minimum Gasteiger partial charge on any atom is -0.465 e. The number of thiophene rings is 1. The molecule has 1 aromatic heterocycles. The first-order valence-corrected chi connectivity index (χ1v) is 12.0. The molecule has 2 aromatic rings. The van der Waals surface area contributed by atoms with Gasteiger partial charge in [0.1, 0.15) is 4.21 Å². The molecule has 0 N–H and O–H groups in total. The lowest BCUT2D eigenvalue weighted by Crippen LogP contribution is -2.45. The molecule has 9 heteroatoms. The van der Waals surface area contributed by atoms with Crippen molar-refractivity contribution in [3.05, 3.63) is 52.4 Å². The monoisotopic (exact) mass is 450 g/mol. The van der Waals surface area contributed by atoms with Gasteiger partial charge in [0.25, 0.3) is 10.0 Å². The first kappa shape index (κ1) is 22.5. The molecule has 1 aromatic carbocycles. The van der Waals surface area contributed by atoms with Gasteiger partial charge in [-0.15, -0.1) is 11.3 Å². The van der Waals surface area contributed by atoms with Crippen LogP contribution in [0, 0.1) is 12.8 Å². The van der Waals surface area contributed by atoms with Gasteiger partial charge in [-0.2, -0.15) is 4.31 Å². The maximum atomic E-state index is 13.0. The number of hydrogen-bond acceptors (Lipinski definition) is 6. The van der Waals surface area contributed by atoms with Crippen LogP contribution in [0.4, 0.5) is 0 Å². The number of aryl methyl sites for hydroxylation is 1. The van der Waals surface area contributed by atoms with Gasteiger partial charge in [-0.1, -0.05) is 12.1 Å². The number of methoxy groups -OCH3 is 1. The molecule has 1 fully saturated rings. The Bertz CT molecular complexity index is 1010. The Balaban J connectivity index is 1.65. The van der Waals surface area contributed by atoms with E-state index in [-0.39, 0.29) is 18.4 Å². The lowest BCUT2D eigenvalue weighted by molar-refractivity contribution is -0.135. The molecule has 30 heavy (non-hydrogen) atoms. The molecule has 3 rings (SSSR count). The van der Waals surface area contributed by atoms with E-state index in [0.717, 1.165) is 10.4 Å². The largest absolute Gasteiger partial charge is 0.465 e. The van der Waals surface area contributed by atoms with E-state index < -0.39 is 16.0 Å². The molecular weight excluding hydrogens is 424 g/mol. The molecule has 1 amide bonds. The average Bonchev–Trinajstić information content (AvgIpc) is 3.20. The van der Waals surface area contributed by atoms with Crippen molar-refractivity contribution in [1.82, 2.24) is 9.21 Å². The highest BCUT2D eigenvalue weighted by atomic mass is 32.2. The van der Waals surface area contributed by atoms with Crippen molar-refractivity contribution in [2.75, 3.05) is 27.2 Å². The van der Waals surface area contributed by atoms with Crippen molar-refractivity contribution in [1.29, 1.82) is 0 Å². The van der Waals surface area contributed by atoms with Crippen LogP contribution < -0.4 is 0 Å².